The zero-order valence-electron chi connectivity index (χ0n) is 15.0. The van der Waals surface area contributed by atoms with E-state index in [4.69, 9.17) is 11.6 Å². The summed E-state index contributed by atoms with van der Waals surface area (Å²) in [6.45, 7) is 0.874. The van der Waals surface area contributed by atoms with Gasteiger partial charge in [0.1, 0.15) is 0 Å². The molecular weight excluding hydrogens is 374 g/mol. The number of amides is 1. The Balaban J connectivity index is 1.60. The van der Waals surface area contributed by atoms with Crippen LogP contribution in [0.2, 0.25) is 5.02 Å². The molecule has 0 aliphatic rings. The summed E-state index contributed by atoms with van der Waals surface area (Å²) in [7, 11) is 0. The molecule has 4 rings (SSSR count). The Labute approximate surface area is 167 Å². The van der Waals surface area contributed by atoms with Crippen molar-refractivity contribution in [1.82, 2.24) is 24.9 Å². The Kier molecular flexibility index (Phi) is 5.21. The maximum Gasteiger partial charge on any atom is 0.276 e. The van der Waals surface area contributed by atoms with Crippen molar-refractivity contribution >= 4 is 17.5 Å². The molecule has 0 fully saturated rings. The van der Waals surface area contributed by atoms with E-state index < -0.39 is 0 Å². The monoisotopic (exact) mass is 391 g/mol. The van der Waals surface area contributed by atoms with Crippen LogP contribution >= 0.6 is 11.6 Å². The van der Waals surface area contributed by atoms with E-state index >= 15 is 0 Å². The molecule has 1 N–H and O–H groups in total. The van der Waals surface area contributed by atoms with Crippen LogP contribution in [0, 0.1) is 0 Å². The van der Waals surface area contributed by atoms with Crippen LogP contribution in [-0.4, -0.2) is 25.5 Å². The van der Waals surface area contributed by atoms with Gasteiger partial charge in [-0.05, 0) is 35.4 Å². The van der Waals surface area contributed by atoms with Crippen LogP contribution in [0.5, 0.6) is 0 Å². The lowest BCUT2D eigenvalue weighted by Gasteiger charge is -2.10. The normalized spacial score (nSPS) is 10.8. The van der Waals surface area contributed by atoms with E-state index in [-0.39, 0.29) is 11.6 Å². The van der Waals surface area contributed by atoms with Gasteiger partial charge in [0, 0.05) is 24.0 Å². The highest BCUT2D eigenvalue weighted by atomic mass is 35.5. The van der Waals surface area contributed by atoms with Crippen LogP contribution in [0.15, 0.2) is 79.1 Å². The van der Waals surface area contributed by atoms with Gasteiger partial charge < -0.3 is 9.88 Å². The minimum Gasteiger partial charge on any atom is -0.346 e. The van der Waals surface area contributed by atoms with E-state index in [2.05, 4.69) is 15.6 Å². The van der Waals surface area contributed by atoms with Crippen LogP contribution in [0.1, 0.15) is 21.6 Å². The fourth-order valence-electron chi connectivity index (χ4n) is 2.96. The van der Waals surface area contributed by atoms with E-state index in [1.54, 1.807) is 10.7 Å². The molecule has 0 bridgehead atoms. The third kappa shape index (κ3) is 3.97. The highest BCUT2D eigenvalue weighted by Gasteiger charge is 2.21. The highest BCUT2D eigenvalue weighted by Crippen LogP contribution is 2.16. The van der Waals surface area contributed by atoms with Crippen LogP contribution in [-0.2, 0) is 13.1 Å². The van der Waals surface area contributed by atoms with Gasteiger partial charge in [-0.1, -0.05) is 59.3 Å². The fourth-order valence-corrected chi connectivity index (χ4v) is 3.18. The van der Waals surface area contributed by atoms with Crippen molar-refractivity contribution < 1.29 is 4.79 Å². The van der Waals surface area contributed by atoms with Crippen molar-refractivity contribution in [1.29, 1.82) is 0 Å². The summed E-state index contributed by atoms with van der Waals surface area (Å²) in [6, 6.07) is 21.1. The Hall–Kier alpha value is -3.38. The molecule has 2 aromatic carbocycles. The summed E-state index contributed by atoms with van der Waals surface area (Å²) in [5.41, 5.74) is 2.26. The Morgan fingerprint density at radius 3 is 2.46 bits per heavy atom. The zero-order valence-corrected chi connectivity index (χ0v) is 15.8. The second kappa shape index (κ2) is 8.10. The molecule has 2 heterocycles. The Bertz CT molecular complexity index is 1070. The molecule has 7 heteroatoms. The van der Waals surface area contributed by atoms with Crippen molar-refractivity contribution in [2.45, 2.75) is 13.1 Å². The minimum atomic E-state index is -0.289. The molecule has 0 atom stereocenters. The number of aromatic nitrogens is 4. The van der Waals surface area contributed by atoms with E-state index in [1.165, 1.54) is 0 Å². The predicted molar refractivity (Wildman–Crippen MR) is 108 cm³/mol. The molecular formula is C21H18ClN5O. The summed E-state index contributed by atoms with van der Waals surface area (Å²) in [5, 5.41) is 11.9. The first-order chi connectivity index (χ1) is 13.7. The topological polar surface area (TPSA) is 64.7 Å². The second-order valence-electron chi connectivity index (χ2n) is 6.31. The molecule has 140 valence electrons. The van der Waals surface area contributed by atoms with Gasteiger partial charge in [0.15, 0.2) is 11.5 Å². The number of hydrogen-bond acceptors (Lipinski definition) is 3. The lowest BCUT2D eigenvalue weighted by molar-refractivity contribution is 0.0946. The number of nitrogens with zero attached hydrogens (tertiary/aromatic N) is 4. The second-order valence-corrected chi connectivity index (χ2v) is 6.74. The van der Waals surface area contributed by atoms with Crippen molar-refractivity contribution in [3.8, 4) is 5.82 Å². The van der Waals surface area contributed by atoms with E-state index in [9.17, 15) is 4.79 Å². The SMILES string of the molecule is O=C(NCc1cccc(Cl)c1)c1nnn(Cc2ccccc2)c1-n1cccc1. The van der Waals surface area contributed by atoms with Gasteiger partial charge in [-0.15, -0.1) is 5.10 Å². The molecule has 0 saturated heterocycles. The molecule has 2 aromatic heterocycles. The van der Waals surface area contributed by atoms with Gasteiger partial charge in [-0.3, -0.25) is 4.79 Å². The molecule has 0 saturated carbocycles. The van der Waals surface area contributed by atoms with Crippen LogP contribution < -0.4 is 5.32 Å². The average Bonchev–Trinajstić information content (AvgIpc) is 3.36. The van der Waals surface area contributed by atoms with Gasteiger partial charge in [0.2, 0.25) is 0 Å². The number of nitrogens with one attached hydrogen (secondary N) is 1. The van der Waals surface area contributed by atoms with Gasteiger partial charge >= 0.3 is 0 Å². The van der Waals surface area contributed by atoms with E-state index in [0.29, 0.717) is 23.9 Å². The molecule has 4 aromatic rings. The Morgan fingerprint density at radius 2 is 1.71 bits per heavy atom. The van der Waals surface area contributed by atoms with Crippen molar-refractivity contribution in [3.05, 3.63) is 101 Å². The summed E-state index contributed by atoms with van der Waals surface area (Å²) >= 11 is 6.01. The van der Waals surface area contributed by atoms with Crippen LogP contribution in [0.25, 0.3) is 5.82 Å². The van der Waals surface area contributed by atoms with Crippen molar-refractivity contribution in [2.24, 2.45) is 0 Å². The smallest absolute Gasteiger partial charge is 0.276 e. The Morgan fingerprint density at radius 1 is 0.964 bits per heavy atom. The number of rotatable bonds is 6. The van der Waals surface area contributed by atoms with Crippen LogP contribution in [0.3, 0.4) is 0 Å². The lowest BCUT2D eigenvalue weighted by Crippen LogP contribution is -2.25. The average molecular weight is 392 g/mol. The van der Waals surface area contributed by atoms with Gasteiger partial charge in [0.05, 0.1) is 6.54 Å². The first kappa shape index (κ1) is 18.0. The van der Waals surface area contributed by atoms with Crippen molar-refractivity contribution in [3.63, 3.8) is 0 Å². The molecule has 0 spiro atoms. The molecule has 0 unspecified atom stereocenters. The quantitative estimate of drug-likeness (QED) is 0.545. The standard InChI is InChI=1S/C21H18ClN5O/c22-18-10-6-9-17(13-18)14-23-20(28)19-21(26-11-4-5-12-26)27(25-24-19)15-16-7-2-1-3-8-16/h1-13H,14-15H2,(H,23,28). The minimum absolute atomic E-state index is 0.272. The first-order valence-electron chi connectivity index (χ1n) is 8.84. The van der Waals surface area contributed by atoms with E-state index in [1.807, 2.05) is 77.6 Å². The largest absolute Gasteiger partial charge is 0.346 e. The van der Waals surface area contributed by atoms with E-state index in [0.717, 1.165) is 11.1 Å². The number of benzene rings is 2. The molecule has 6 nitrogen and oxygen atoms in total. The predicted octanol–water partition coefficient (Wildman–Crippen LogP) is 3.70. The van der Waals surface area contributed by atoms with Gasteiger partial charge in [0.25, 0.3) is 5.91 Å². The molecule has 28 heavy (non-hydrogen) atoms. The summed E-state index contributed by atoms with van der Waals surface area (Å²) in [6.07, 6.45) is 3.74. The first-order valence-corrected chi connectivity index (χ1v) is 9.22. The third-order valence-corrected chi connectivity index (χ3v) is 4.53. The third-order valence-electron chi connectivity index (χ3n) is 4.29. The summed E-state index contributed by atoms with van der Waals surface area (Å²) < 4.78 is 3.57. The maximum atomic E-state index is 12.8. The lowest BCUT2D eigenvalue weighted by atomic mass is 10.2. The number of hydrogen-bond donors (Lipinski definition) is 1. The molecule has 0 aliphatic heterocycles. The number of carbonyl (C=O) groups is 1. The molecule has 1 amide bonds. The summed E-state index contributed by atoms with van der Waals surface area (Å²) in [5.74, 6) is 0.334. The van der Waals surface area contributed by atoms with Gasteiger partial charge in [-0.2, -0.15) is 0 Å². The fraction of sp³-hybridized carbons (Fsp3) is 0.0952. The van der Waals surface area contributed by atoms with Crippen LogP contribution in [0.4, 0.5) is 0 Å². The molecule has 0 radical (unpaired) electrons. The van der Waals surface area contributed by atoms with Crippen molar-refractivity contribution in [2.75, 3.05) is 0 Å². The number of halogens is 1. The number of carbonyl (C=O) groups excluding carboxylic acids is 1. The van der Waals surface area contributed by atoms with Gasteiger partial charge in [-0.25, -0.2) is 4.68 Å². The highest BCUT2D eigenvalue weighted by molar-refractivity contribution is 6.30. The zero-order chi connectivity index (χ0) is 19.3. The maximum absolute atomic E-state index is 12.8. The summed E-state index contributed by atoms with van der Waals surface area (Å²) in [4.78, 5) is 12.8. The molecule has 0 aliphatic carbocycles.